The van der Waals surface area contributed by atoms with Gasteiger partial charge in [-0.2, -0.15) is 13.2 Å². The standard InChI is InChI=1S/C13H17F4NO/c1-12(2,19)8-18(3)7-9-4-5-10(14)6-11(9)13(15,16)17/h4-6,19H,7-8H2,1-3H3. The Labute approximate surface area is 109 Å². The van der Waals surface area contributed by atoms with Crippen molar-refractivity contribution < 1.29 is 22.7 Å². The number of halogens is 4. The summed E-state index contributed by atoms with van der Waals surface area (Å²) in [6, 6.07) is 2.62. The van der Waals surface area contributed by atoms with Gasteiger partial charge in [0.15, 0.2) is 0 Å². The van der Waals surface area contributed by atoms with Crippen molar-refractivity contribution in [1.29, 1.82) is 0 Å². The molecule has 1 aromatic carbocycles. The van der Waals surface area contributed by atoms with Gasteiger partial charge in [0.1, 0.15) is 5.82 Å². The molecule has 1 N–H and O–H groups in total. The average Bonchev–Trinajstić information content (AvgIpc) is 2.16. The van der Waals surface area contributed by atoms with E-state index >= 15 is 0 Å². The molecule has 1 aromatic rings. The first-order valence-electron chi connectivity index (χ1n) is 5.75. The number of nitrogens with zero attached hydrogens (tertiary/aromatic N) is 1. The van der Waals surface area contributed by atoms with Crippen molar-refractivity contribution in [2.24, 2.45) is 0 Å². The second-order valence-corrected chi connectivity index (χ2v) is 5.28. The molecular weight excluding hydrogens is 262 g/mol. The average molecular weight is 279 g/mol. The maximum Gasteiger partial charge on any atom is 0.416 e. The Morgan fingerprint density at radius 1 is 1.21 bits per heavy atom. The summed E-state index contributed by atoms with van der Waals surface area (Å²) < 4.78 is 51.3. The number of aliphatic hydroxyl groups is 1. The van der Waals surface area contributed by atoms with Crippen molar-refractivity contribution in [3.63, 3.8) is 0 Å². The Balaban J connectivity index is 2.95. The molecule has 0 heterocycles. The fraction of sp³-hybridized carbons (Fsp3) is 0.538. The van der Waals surface area contributed by atoms with E-state index in [1.165, 1.54) is 0 Å². The molecule has 0 saturated carbocycles. The van der Waals surface area contributed by atoms with E-state index < -0.39 is 23.2 Å². The molecule has 6 heteroatoms. The van der Waals surface area contributed by atoms with Crippen LogP contribution in [0.4, 0.5) is 17.6 Å². The highest BCUT2D eigenvalue weighted by Gasteiger charge is 2.34. The molecule has 0 unspecified atom stereocenters. The van der Waals surface area contributed by atoms with E-state index in [1.807, 2.05) is 0 Å². The predicted molar refractivity (Wildman–Crippen MR) is 64.0 cm³/mol. The van der Waals surface area contributed by atoms with Crippen molar-refractivity contribution in [1.82, 2.24) is 4.90 Å². The highest BCUT2D eigenvalue weighted by Crippen LogP contribution is 2.33. The predicted octanol–water partition coefficient (Wildman–Crippen LogP) is 3.05. The quantitative estimate of drug-likeness (QED) is 0.856. The van der Waals surface area contributed by atoms with Gasteiger partial charge in [-0.15, -0.1) is 0 Å². The molecule has 0 fully saturated rings. The van der Waals surface area contributed by atoms with Crippen molar-refractivity contribution in [2.45, 2.75) is 32.2 Å². The van der Waals surface area contributed by atoms with Gasteiger partial charge < -0.3 is 5.11 Å². The van der Waals surface area contributed by atoms with Gasteiger partial charge in [0.2, 0.25) is 0 Å². The lowest BCUT2D eigenvalue weighted by Gasteiger charge is -2.26. The van der Waals surface area contributed by atoms with Gasteiger partial charge in [-0.3, -0.25) is 4.90 Å². The molecule has 0 atom stereocenters. The fourth-order valence-corrected chi connectivity index (χ4v) is 1.96. The summed E-state index contributed by atoms with van der Waals surface area (Å²) in [5.41, 5.74) is -2.00. The van der Waals surface area contributed by atoms with E-state index in [2.05, 4.69) is 0 Å². The fourth-order valence-electron chi connectivity index (χ4n) is 1.96. The van der Waals surface area contributed by atoms with E-state index in [4.69, 9.17) is 0 Å². The van der Waals surface area contributed by atoms with Crippen LogP contribution >= 0.6 is 0 Å². The summed E-state index contributed by atoms with van der Waals surface area (Å²) in [4.78, 5) is 1.56. The van der Waals surface area contributed by atoms with Crippen LogP contribution in [0.3, 0.4) is 0 Å². The van der Waals surface area contributed by atoms with Crippen LogP contribution in [0.15, 0.2) is 18.2 Å². The SMILES string of the molecule is CN(Cc1ccc(F)cc1C(F)(F)F)CC(C)(C)O. The molecule has 0 spiro atoms. The van der Waals surface area contributed by atoms with E-state index in [9.17, 15) is 22.7 Å². The lowest BCUT2D eigenvalue weighted by Crippen LogP contribution is -2.36. The van der Waals surface area contributed by atoms with Gasteiger partial charge in [0, 0.05) is 13.1 Å². The summed E-state index contributed by atoms with van der Waals surface area (Å²) in [5, 5.41) is 9.62. The van der Waals surface area contributed by atoms with Gasteiger partial charge in [0.25, 0.3) is 0 Å². The van der Waals surface area contributed by atoms with E-state index in [1.54, 1.807) is 25.8 Å². The minimum Gasteiger partial charge on any atom is -0.389 e. The van der Waals surface area contributed by atoms with Crippen LogP contribution < -0.4 is 0 Å². The third kappa shape index (κ3) is 5.16. The molecule has 0 radical (unpaired) electrons. The molecule has 1 rings (SSSR count). The van der Waals surface area contributed by atoms with Crippen LogP contribution in [0.1, 0.15) is 25.0 Å². The van der Waals surface area contributed by atoms with Gasteiger partial charge in [-0.25, -0.2) is 4.39 Å². The van der Waals surface area contributed by atoms with Crippen LogP contribution in [-0.4, -0.2) is 29.2 Å². The van der Waals surface area contributed by atoms with Crippen LogP contribution in [0.2, 0.25) is 0 Å². The highest BCUT2D eigenvalue weighted by atomic mass is 19.4. The Bertz CT molecular complexity index is 437. The molecule has 108 valence electrons. The number of benzene rings is 1. The molecular formula is C13H17F4NO. The van der Waals surface area contributed by atoms with Gasteiger partial charge in [0.05, 0.1) is 11.2 Å². The molecule has 0 aromatic heterocycles. The van der Waals surface area contributed by atoms with E-state index in [0.717, 1.165) is 12.1 Å². The smallest absolute Gasteiger partial charge is 0.389 e. The third-order valence-electron chi connectivity index (χ3n) is 2.47. The first-order chi connectivity index (χ1) is 8.49. The zero-order chi connectivity index (χ0) is 14.8. The third-order valence-corrected chi connectivity index (χ3v) is 2.47. The number of hydrogen-bond donors (Lipinski definition) is 1. The largest absolute Gasteiger partial charge is 0.416 e. The minimum absolute atomic E-state index is 0.0133. The van der Waals surface area contributed by atoms with Crippen molar-refractivity contribution in [2.75, 3.05) is 13.6 Å². The van der Waals surface area contributed by atoms with Crippen LogP contribution in [0.5, 0.6) is 0 Å². The number of hydrogen-bond acceptors (Lipinski definition) is 2. The Hall–Kier alpha value is -1.14. The second-order valence-electron chi connectivity index (χ2n) is 5.28. The maximum atomic E-state index is 12.9. The lowest BCUT2D eigenvalue weighted by molar-refractivity contribution is -0.138. The molecule has 0 saturated heterocycles. The van der Waals surface area contributed by atoms with Gasteiger partial charge >= 0.3 is 6.18 Å². The van der Waals surface area contributed by atoms with Crippen LogP contribution in [-0.2, 0) is 12.7 Å². The maximum absolute atomic E-state index is 12.9. The highest BCUT2D eigenvalue weighted by molar-refractivity contribution is 5.30. The molecule has 19 heavy (non-hydrogen) atoms. The normalized spacial score (nSPS) is 13.1. The van der Waals surface area contributed by atoms with Gasteiger partial charge in [-0.1, -0.05) is 6.07 Å². The molecule has 0 amide bonds. The summed E-state index contributed by atoms with van der Waals surface area (Å²) in [6.07, 6.45) is -4.59. The minimum atomic E-state index is -4.59. The molecule has 0 aliphatic rings. The number of rotatable bonds is 4. The molecule has 2 nitrogen and oxygen atoms in total. The molecule has 0 bridgehead atoms. The first-order valence-corrected chi connectivity index (χ1v) is 5.75. The van der Waals surface area contributed by atoms with Crippen molar-refractivity contribution in [3.8, 4) is 0 Å². The monoisotopic (exact) mass is 279 g/mol. The topological polar surface area (TPSA) is 23.5 Å². The Kier molecular flexibility index (Phi) is 4.58. The van der Waals surface area contributed by atoms with Gasteiger partial charge in [-0.05, 0) is 38.6 Å². The zero-order valence-electron chi connectivity index (χ0n) is 11.1. The second kappa shape index (κ2) is 5.46. The number of alkyl halides is 3. The summed E-state index contributed by atoms with van der Waals surface area (Å²) in [6.45, 7) is 3.33. The van der Waals surface area contributed by atoms with Crippen LogP contribution in [0.25, 0.3) is 0 Å². The summed E-state index contributed by atoms with van der Waals surface area (Å²) in [5.74, 6) is -0.916. The lowest BCUT2D eigenvalue weighted by atomic mass is 10.0. The Morgan fingerprint density at radius 3 is 2.26 bits per heavy atom. The zero-order valence-corrected chi connectivity index (χ0v) is 11.1. The van der Waals surface area contributed by atoms with Crippen molar-refractivity contribution in [3.05, 3.63) is 35.1 Å². The van der Waals surface area contributed by atoms with E-state index in [0.29, 0.717) is 6.07 Å². The number of likely N-dealkylation sites (N-methyl/N-ethyl adjacent to an activating group) is 1. The molecule has 0 aliphatic carbocycles. The van der Waals surface area contributed by atoms with E-state index in [-0.39, 0.29) is 18.7 Å². The van der Waals surface area contributed by atoms with Crippen molar-refractivity contribution >= 4 is 0 Å². The molecule has 0 aliphatic heterocycles. The van der Waals surface area contributed by atoms with Crippen LogP contribution in [0, 0.1) is 5.82 Å². The Morgan fingerprint density at radius 2 is 1.79 bits per heavy atom. The summed E-state index contributed by atoms with van der Waals surface area (Å²) in [7, 11) is 1.60. The summed E-state index contributed by atoms with van der Waals surface area (Å²) >= 11 is 0. The first kappa shape index (κ1) is 15.9.